The van der Waals surface area contributed by atoms with Crippen molar-refractivity contribution in [1.29, 1.82) is 0 Å². The number of hydrogen-bond donors (Lipinski definition) is 3. The number of aromatic nitrogens is 3. The van der Waals surface area contributed by atoms with Crippen LogP contribution in [0.5, 0.6) is 5.75 Å². The number of aliphatic hydroxyl groups is 1. The first-order valence-corrected chi connectivity index (χ1v) is 12.3. The van der Waals surface area contributed by atoms with Crippen LogP contribution in [-0.2, 0) is 0 Å². The van der Waals surface area contributed by atoms with Crippen LogP contribution in [0.4, 0.5) is 17.3 Å². The molecule has 1 aromatic carbocycles. The van der Waals surface area contributed by atoms with Crippen molar-refractivity contribution in [3.8, 4) is 17.1 Å². The van der Waals surface area contributed by atoms with Crippen LogP contribution < -0.4 is 20.3 Å². The molecule has 9 heteroatoms. The van der Waals surface area contributed by atoms with Crippen molar-refractivity contribution in [3.05, 3.63) is 41.8 Å². The second kappa shape index (κ2) is 11.5. The van der Waals surface area contributed by atoms with Gasteiger partial charge in [-0.2, -0.15) is 0 Å². The molecule has 0 bridgehead atoms. The minimum Gasteiger partial charge on any atom is -0.491 e. The van der Waals surface area contributed by atoms with Crippen LogP contribution in [0.3, 0.4) is 0 Å². The minimum absolute atomic E-state index is 0.203. The molecule has 2 heterocycles. The molecule has 9 nitrogen and oxygen atoms in total. The second-order valence-electron chi connectivity index (χ2n) is 9.21. The Balaban J connectivity index is 1.65. The standard InChI is InChI=1S/C26H36N6O3/c1-17-25(18(2)35-31-17)28-23-14-24(32(4)20-10-6-5-7-11-20)30-26(29-23)19-9-8-12-22(13-19)34-16-21(33)15-27-3/h8-9,12-14,20-21,27,33H,5-7,10-11,15-16H2,1-4H3,(H,28,29,30). The average Bonchev–Trinajstić information content (AvgIpc) is 3.20. The van der Waals surface area contributed by atoms with E-state index >= 15 is 0 Å². The maximum absolute atomic E-state index is 9.98. The first-order chi connectivity index (χ1) is 16.9. The topological polar surface area (TPSA) is 109 Å². The van der Waals surface area contributed by atoms with Gasteiger partial charge in [-0.05, 0) is 45.9 Å². The van der Waals surface area contributed by atoms with Crippen LogP contribution >= 0.6 is 0 Å². The molecule has 1 aliphatic rings. The van der Waals surface area contributed by atoms with Gasteiger partial charge in [0.25, 0.3) is 0 Å². The van der Waals surface area contributed by atoms with Crippen molar-refractivity contribution in [1.82, 2.24) is 20.4 Å². The number of nitrogens with zero attached hydrogens (tertiary/aromatic N) is 4. The summed E-state index contributed by atoms with van der Waals surface area (Å²) in [6.45, 7) is 4.45. The van der Waals surface area contributed by atoms with Gasteiger partial charge in [0, 0.05) is 31.3 Å². The zero-order valence-corrected chi connectivity index (χ0v) is 21.0. The number of hydrogen-bond acceptors (Lipinski definition) is 9. The zero-order chi connectivity index (χ0) is 24.8. The summed E-state index contributed by atoms with van der Waals surface area (Å²) in [6.07, 6.45) is 5.54. The van der Waals surface area contributed by atoms with Crippen LogP contribution in [0.25, 0.3) is 11.4 Å². The fraction of sp³-hybridized carbons (Fsp3) is 0.500. The summed E-state index contributed by atoms with van der Waals surface area (Å²) in [5.41, 5.74) is 2.43. The minimum atomic E-state index is -0.585. The zero-order valence-electron chi connectivity index (χ0n) is 21.0. The highest BCUT2D eigenvalue weighted by Gasteiger charge is 2.21. The third kappa shape index (κ3) is 6.29. The van der Waals surface area contributed by atoms with E-state index in [1.54, 1.807) is 7.05 Å². The van der Waals surface area contributed by atoms with Crippen molar-refractivity contribution >= 4 is 17.3 Å². The lowest BCUT2D eigenvalue weighted by Crippen LogP contribution is -2.34. The molecule has 1 fully saturated rings. The van der Waals surface area contributed by atoms with Crippen molar-refractivity contribution in [2.75, 3.05) is 37.5 Å². The van der Waals surface area contributed by atoms with Gasteiger partial charge in [0.05, 0.1) is 0 Å². The van der Waals surface area contributed by atoms with E-state index in [0.29, 0.717) is 35.7 Å². The van der Waals surface area contributed by atoms with Gasteiger partial charge >= 0.3 is 0 Å². The van der Waals surface area contributed by atoms with E-state index in [1.165, 1.54) is 32.1 Å². The number of nitrogens with one attached hydrogen (secondary N) is 2. The molecule has 1 unspecified atom stereocenters. The van der Waals surface area contributed by atoms with E-state index in [1.807, 2.05) is 44.2 Å². The van der Waals surface area contributed by atoms with E-state index < -0.39 is 6.10 Å². The van der Waals surface area contributed by atoms with E-state index in [9.17, 15) is 5.11 Å². The Morgan fingerprint density at radius 2 is 1.97 bits per heavy atom. The maximum Gasteiger partial charge on any atom is 0.164 e. The van der Waals surface area contributed by atoms with Crippen LogP contribution in [0.2, 0.25) is 0 Å². The highest BCUT2D eigenvalue weighted by atomic mass is 16.5. The molecule has 0 spiro atoms. The van der Waals surface area contributed by atoms with Gasteiger partial charge in [0.1, 0.15) is 41.5 Å². The van der Waals surface area contributed by atoms with E-state index in [-0.39, 0.29) is 6.61 Å². The highest BCUT2D eigenvalue weighted by Crippen LogP contribution is 2.31. The Morgan fingerprint density at radius 3 is 2.69 bits per heavy atom. The number of aliphatic hydroxyl groups excluding tert-OH is 1. The summed E-state index contributed by atoms with van der Waals surface area (Å²) in [5.74, 6) is 3.51. The molecule has 3 N–H and O–H groups in total. The first kappa shape index (κ1) is 24.9. The number of aryl methyl sites for hydroxylation is 2. The fourth-order valence-electron chi connectivity index (χ4n) is 4.47. The monoisotopic (exact) mass is 480 g/mol. The molecule has 1 saturated carbocycles. The van der Waals surface area contributed by atoms with Gasteiger partial charge in [-0.1, -0.05) is 36.6 Å². The van der Waals surface area contributed by atoms with Gasteiger partial charge in [0.2, 0.25) is 0 Å². The Morgan fingerprint density at radius 1 is 1.17 bits per heavy atom. The molecular weight excluding hydrogens is 444 g/mol. The summed E-state index contributed by atoms with van der Waals surface area (Å²) < 4.78 is 11.1. The molecule has 35 heavy (non-hydrogen) atoms. The largest absolute Gasteiger partial charge is 0.491 e. The summed E-state index contributed by atoms with van der Waals surface area (Å²) in [6, 6.07) is 10.1. The lowest BCUT2D eigenvalue weighted by molar-refractivity contribution is 0.108. The normalized spacial score (nSPS) is 15.1. The fourth-order valence-corrected chi connectivity index (χ4v) is 4.47. The molecule has 1 aliphatic carbocycles. The third-order valence-electron chi connectivity index (χ3n) is 6.46. The van der Waals surface area contributed by atoms with Crippen LogP contribution in [0, 0.1) is 13.8 Å². The van der Waals surface area contributed by atoms with Crippen molar-refractivity contribution in [3.63, 3.8) is 0 Å². The molecule has 0 aliphatic heterocycles. The number of rotatable bonds is 10. The molecule has 2 aromatic heterocycles. The predicted molar refractivity (Wildman–Crippen MR) is 137 cm³/mol. The Labute approximate surface area is 206 Å². The van der Waals surface area contributed by atoms with Crippen LogP contribution in [0.1, 0.15) is 43.6 Å². The summed E-state index contributed by atoms with van der Waals surface area (Å²) >= 11 is 0. The van der Waals surface area contributed by atoms with Crippen molar-refractivity contribution in [2.45, 2.75) is 58.1 Å². The molecule has 1 atom stereocenters. The van der Waals surface area contributed by atoms with Crippen molar-refractivity contribution < 1.29 is 14.4 Å². The molecule has 188 valence electrons. The quantitative estimate of drug-likeness (QED) is 0.393. The summed E-state index contributed by atoms with van der Waals surface area (Å²) in [5, 5.41) is 20.4. The van der Waals surface area contributed by atoms with Gasteiger partial charge in [0.15, 0.2) is 11.6 Å². The van der Waals surface area contributed by atoms with Gasteiger partial charge < -0.3 is 29.9 Å². The summed E-state index contributed by atoms with van der Waals surface area (Å²) in [4.78, 5) is 12.0. The number of likely N-dealkylation sites (N-methyl/N-ethyl adjacent to an activating group) is 1. The number of anilines is 3. The maximum atomic E-state index is 9.98. The van der Waals surface area contributed by atoms with E-state index in [0.717, 1.165) is 22.8 Å². The Kier molecular flexibility index (Phi) is 8.20. The molecule has 0 amide bonds. The smallest absolute Gasteiger partial charge is 0.164 e. The van der Waals surface area contributed by atoms with Crippen LogP contribution in [-0.4, -0.2) is 59.6 Å². The van der Waals surface area contributed by atoms with Gasteiger partial charge in [-0.25, -0.2) is 9.97 Å². The lowest BCUT2D eigenvalue weighted by Gasteiger charge is -2.32. The average molecular weight is 481 g/mol. The van der Waals surface area contributed by atoms with E-state index in [4.69, 9.17) is 19.2 Å². The molecule has 0 saturated heterocycles. The Bertz CT molecular complexity index is 1090. The molecular formula is C26H36N6O3. The predicted octanol–water partition coefficient (Wildman–Crippen LogP) is 4.22. The Hall–Kier alpha value is -3.17. The highest BCUT2D eigenvalue weighted by molar-refractivity contribution is 5.67. The number of benzene rings is 1. The van der Waals surface area contributed by atoms with E-state index in [2.05, 4.69) is 27.7 Å². The second-order valence-corrected chi connectivity index (χ2v) is 9.21. The van der Waals surface area contributed by atoms with Crippen molar-refractivity contribution in [2.24, 2.45) is 0 Å². The SMILES string of the molecule is CNCC(O)COc1cccc(-c2nc(Nc3c(C)noc3C)cc(N(C)C3CCCCC3)n2)c1. The lowest BCUT2D eigenvalue weighted by atomic mass is 9.94. The third-order valence-corrected chi connectivity index (χ3v) is 6.46. The molecule has 0 radical (unpaired) electrons. The summed E-state index contributed by atoms with van der Waals surface area (Å²) in [7, 11) is 3.91. The van der Waals surface area contributed by atoms with Gasteiger partial charge in [-0.15, -0.1) is 0 Å². The molecule has 3 aromatic rings. The number of ether oxygens (including phenoxy) is 1. The first-order valence-electron chi connectivity index (χ1n) is 12.3. The van der Waals surface area contributed by atoms with Gasteiger partial charge in [-0.3, -0.25) is 0 Å². The molecule has 4 rings (SSSR count). The van der Waals surface area contributed by atoms with Crippen LogP contribution in [0.15, 0.2) is 34.9 Å².